The first-order valence-electron chi connectivity index (χ1n) is 36.0. The second kappa shape index (κ2) is 42.0. The van der Waals surface area contributed by atoms with Crippen LogP contribution in [0.15, 0.2) is 62.1 Å². The zero-order chi connectivity index (χ0) is 83.7. The first-order chi connectivity index (χ1) is 55.2. The van der Waals surface area contributed by atoms with E-state index in [4.69, 9.17) is 94.3 Å². The number of rotatable bonds is 21. The summed E-state index contributed by atoms with van der Waals surface area (Å²) in [5, 5.41) is 40.4. The standard InChI is InChI=1S/C15H22N2O6.C13H16N2O5.C12H10Cl2N4O2.C12H12N4O4.C10H5Cl2N5.C10H13NO4/c1-4-21-13(18)8-7-9-17-12(15(20)23-6-3)10-11(16-17)14(19)22-5-2;1-3-19-12(17)8-5-6-15-10(11(8)16)7-9(14-15)13(18)20-4-2;1-2-20-11(19)7-5-8-9-6(3-4-18(8)17-7)10(13)16-12(14)15-9;1-2-20-11(18)7-5-8-9-6(3-4-16(8)15-7)10(17)14-12(19)13-9;11-9-6-1-2-17-7(3-5(4-13)16-17)8(6)14-10(12)15-9;1-3-14-9(12)7-5-8(11-6-7)10(13)15-4-2/h10H,4-9H2,1-3H3;7,16H,3-6H2,1-2H3;5H,2-4H2,1H3;5H,2-4H2,1H3,(H2,13,14,17,19);3H,1-2H2;5H,3-4,6H2,1-2H3. The predicted molar refractivity (Wildman–Crippen MR) is 406 cm³/mol. The molecule has 115 heavy (non-hydrogen) atoms. The smallest absolute Gasteiger partial charge is 0.358 e. The second-order valence-electron chi connectivity index (χ2n) is 23.7. The highest BCUT2D eigenvalue weighted by Crippen LogP contribution is 2.35. The number of aryl methyl sites for hydroxylation is 5. The maximum absolute atomic E-state index is 11.9. The van der Waals surface area contributed by atoms with Crippen molar-refractivity contribution < 1.29 is 90.9 Å². The molecule has 13 rings (SSSR count). The molecule has 13 heterocycles. The van der Waals surface area contributed by atoms with Crippen molar-refractivity contribution in [2.45, 2.75) is 134 Å². The van der Waals surface area contributed by atoms with E-state index in [9.17, 15) is 57.8 Å². The summed E-state index contributed by atoms with van der Waals surface area (Å²) in [5.74, 6) is -4.72. The Morgan fingerprint density at radius 1 is 0.478 bits per heavy atom. The number of H-pyrrole nitrogens is 2. The molecule has 3 N–H and O–H groups in total. The van der Waals surface area contributed by atoms with Gasteiger partial charge in [-0.05, 0) is 117 Å². The zero-order valence-electron chi connectivity index (χ0n) is 63.6. The first-order valence-corrected chi connectivity index (χ1v) is 37.5. The Morgan fingerprint density at radius 3 is 1.43 bits per heavy atom. The molecular formula is C72H78Cl4N18O21. The van der Waals surface area contributed by atoms with Crippen LogP contribution in [0.5, 0.6) is 0 Å². The molecule has 0 aromatic carbocycles. The molecule has 0 bridgehead atoms. The average Bonchev–Trinajstić information content (AvgIpc) is 1.68. The van der Waals surface area contributed by atoms with Crippen molar-refractivity contribution in [2.75, 3.05) is 66.0 Å². The number of ether oxygens (including phenoxy) is 9. The number of aromatic nitrogens is 16. The highest BCUT2D eigenvalue weighted by Gasteiger charge is 2.31. The van der Waals surface area contributed by atoms with Gasteiger partial charge in [-0.2, -0.15) is 30.8 Å². The van der Waals surface area contributed by atoms with E-state index in [1.54, 1.807) is 88.5 Å². The molecule has 0 amide bonds. The third kappa shape index (κ3) is 22.6. The summed E-state index contributed by atoms with van der Waals surface area (Å²) in [4.78, 5) is 152. The van der Waals surface area contributed by atoms with Crippen LogP contribution in [0.2, 0.25) is 20.9 Å². The fourth-order valence-electron chi connectivity index (χ4n) is 11.3. The molecule has 0 radical (unpaired) electrons. The van der Waals surface area contributed by atoms with Gasteiger partial charge in [0.05, 0.1) is 111 Å². The van der Waals surface area contributed by atoms with E-state index in [1.807, 2.05) is 6.07 Å². The van der Waals surface area contributed by atoms with Crippen LogP contribution in [0, 0.1) is 11.3 Å². The quantitative estimate of drug-likeness (QED) is 0.0271. The van der Waals surface area contributed by atoms with Gasteiger partial charge in [-0.15, -0.1) is 0 Å². The van der Waals surface area contributed by atoms with E-state index in [-0.39, 0.29) is 115 Å². The van der Waals surface area contributed by atoms with E-state index >= 15 is 0 Å². The van der Waals surface area contributed by atoms with E-state index in [0.717, 1.165) is 16.8 Å². The molecule has 8 aromatic heterocycles. The van der Waals surface area contributed by atoms with Crippen LogP contribution in [0.1, 0.15) is 162 Å². The lowest BCUT2D eigenvalue weighted by Gasteiger charge is -2.17. The van der Waals surface area contributed by atoms with Crippen molar-refractivity contribution in [3.8, 4) is 40.2 Å². The highest BCUT2D eigenvalue weighted by atomic mass is 35.5. The number of carbonyl (C=O) groups is 9. The van der Waals surface area contributed by atoms with Gasteiger partial charge in [0.15, 0.2) is 34.2 Å². The van der Waals surface area contributed by atoms with Crippen LogP contribution in [0.25, 0.3) is 39.9 Å². The van der Waals surface area contributed by atoms with E-state index in [1.165, 1.54) is 33.6 Å². The molecule has 5 aliphatic rings. The molecule has 43 heteroatoms. The van der Waals surface area contributed by atoms with E-state index in [0.29, 0.717) is 146 Å². The number of aliphatic imine (C=N–C) groups is 1. The van der Waals surface area contributed by atoms with Crippen molar-refractivity contribution in [3.63, 3.8) is 0 Å². The van der Waals surface area contributed by atoms with Gasteiger partial charge in [0.25, 0.3) is 5.56 Å². The number of nitrogens with one attached hydrogen (secondary N) is 2. The minimum atomic E-state index is -0.609. The molecule has 0 fully saturated rings. The van der Waals surface area contributed by atoms with Crippen molar-refractivity contribution in [3.05, 3.63) is 146 Å². The van der Waals surface area contributed by atoms with Gasteiger partial charge < -0.3 is 52.7 Å². The molecule has 610 valence electrons. The number of nitrogens with zero attached hydrogens (tertiary/aromatic N) is 16. The summed E-state index contributed by atoms with van der Waals surface area (Å²) >= 11 is 23.7. The summed E-state index contributed by atoms with van der Waals surface area (Å²) in [6, 6.07) is 9.58. The molecule has 8 aromatic rings. The Labute approximate surface area is 673 Å². The van der Waals surface area contributed by atoms with E-state index in [2.05, 4.69) is 60.4 Å². The Kier molecular flexibility index (Phi) is 32.3. The minimum absolute atomic E-state index is 0.0334. The predicted octanol–water partition coefficient (Wildman–Crippen LogP) is 7.48. The van der Waals surface area contributed by atoms with Crippen LogP contribution < -0.4 is 11.2 Å². The van der Waals surface area contributed by atoms with E-state index < -0.39 is 59.0 Å². The zero-order valence-corrected chi connectivity index (χ0v) is 66.6. The Morgan fingerprint density at radius 2 is 0.904 bits per heavy atom. The monoisotopic (exact) mass is 1670 g/mol. The normalized spacial score (nSPS) is 12.6. The summed E-state index contributed by atoms with van der Waals surface area (Å²) in [7, 11) is 0. The lowest BCUT2D eigenvalue weighted by atomic mass is 10.1. The van der Waals surface area contributed by atoms with Gasteiger partial charge >= 0.3 is 59.4 Å². The molecule has 0 saturated heterocycles. The maximum atomic E-state index is 11.9. The number of hydrogen-bond acceptors (Lipinski definition) is 32. The van der Waals surface area contributed by atoms with Crippen LogP contribution >= 0.6 is 46.4 Å². The van der Waals surface area contributed by atoms with Gasteiger partial charge in [-0.25, -0.2) is 63.1 Å². The number of aromatic amines is 2. The fourth-order valence-corrected chi connectivity index (χ4v) is 12.3. The van der Waals surface area contributed by atoms with Crippen molar-refractivity contribution >= 4 is 112 Å². The lowest BCUT2D eigenvalue weighted by Crippen LogP contribution is -2.30. The van der Waals surface area contributed by atoms with Gasteiger partial charge in [-0.1, -0.05) is 23.2 Å². The molecule has 0 atom stereocenters. The van der Waals surface area contributed by atoms with Crippen LogP contribution in [-0.2, 0) is 114 Å². The van der Waals surface area contributed by atoms with Crippen molar-refractivity contribution in [1.29, 1.82) is 5.26 Å². The molecule has 5 aliphatic heterocycles. The number of esters is 9. The molecular weight excluding hydrogens is 1590 g/mol. The molecule has 0 saturated carbocycles. The van der Waals surface area contributed by atoms with Crippen LogP contribution in [0.3, 0.4) is 0 Å². The number of fused-ring (bicyclic) bond motifs is 10. The average molecular weight is 1670 g/mol. The number of aliphatic hydroxyl groups is 1. The van der Waals surface area contributed by atoms with Gasteiger partial charge in [-0.3, -0.25) is 43.0 Å². The fraction of sp³-hybridized carbons (Fsp3) is 0.417. The lowest BCUT2D eigenvalue weighted by molar-refractivity contribution is -0.143. The Balaban J connectivity index is 0.000000173. The van der Waals surface area contributed by atoms with Crippen molar-refractivity contribution in [2.24, 2.45) is 4.99 Å². The van der Waals surface area contributed by atoms with Gasteiger partial charge in [0.1, 0.15) is 33.5 Å². The number of nitriles is 1. The number of aliphatic hydroxyl groups excluding tert-OH is 1. The second-order valence-corrected chi connectivity index (χ2v) is 25.0. The molecule has 39 nitrogen and oxygen atoms in total. The Bertz CT molecular complexity index is 5250. The molecule has 0 unspecified atom stereocenters. The summed E-state index contributed by atoms with van der Waals surface area (Å²) in [6.07, 6.45) is 4.11. The molecule has 0 aliphatic carbocycles. The maximum Gasteiger partial charge on any atom is 0.358 e. The van der Waals surface area contributed by atoms with Gasteiger partial charge in [0, 0.05) is 92.6 Å². The SMILES string of the molecule is CCOC(=O)C1=C(O)c2cc(C(=O)OCC)nn2CC1.CCOC(=O)C1=CC(C(=O)OCC)=NC1.CCOC(=O)CCCn1nc(C(=O)OCC)cc1C(=O)OCC.CCOC(=O)c1cc2n(n1)CCc1c(Cl)nc(Cl)nc1-2.CCOC(=O)c1cc2n(n1)CCc1c-2[nH]c(=O)[nH]c1=O.N#Cc1cc2n(n1)CCc1c(Cl)nc(Cl)nc1-2. The van der Waals surface area contributed by atoms with Crippen molar-refractivity contribution in [1.82, 2.24) is 78.8 Å². The minimum Gasteiger partial charge on any atom is -0.505 e. The third-order valence-corrected chi connectivity index (χ3v) is 17.2. The summed E-state index contributed by atoms with van der Waals surface area (Å²) in [6.45, 7) is 20.4. The number of halogens is 4. The topological polar surface area (TPSA) is 499 Å². The largest absolute Gasteiger partial charge is 0.505 e. The number of hydrogen-bond donors (Lipinski definition) is 3. The summed E-state index contributed by atoms with van der Waals surface area (Å²) < 4.78 is 51.6. The van der Waals surface area contributed by atoms with Gasteiger partial charge in [0.2, 0.25) is 10.6 Å². The first kappa shape index (κ1) is 88.3. The Hall–Kier alpha value is -12.3. The summed E-state index contributed by atoms with van der Waals surface area (Å²) in [5.41, 5.74) is 7.02. The number of carbonyl (C=O) groups excluding carboxylic acids is 9. The van der Waals surface area contributed by atoms with Crippen LogP contribution in [-0.4, -0.2) is 209 Å². The van der Waals surface area contributed by atoms with Crippen LogP contribution in [0.4, 0.5) is 0 Å². The molecule has 0 spiro atoms. The highest BCUT2D eigenvalue weighted by molar-refractivity contribution is 6.42. The third-order valence-electron chi connectivity index (χ3n) is 16.2.